The molecule has 3 N–H and O–H groups in total. The molecule has 1 rings (SSSR count). The van der Waals surface area contributed by atoms with Crippen LogP contribution in [0.2, 0.25) is 0 Å². The number of benzene rings is 1. The minimum atomic E-state index is -1.43. The van der Waals surface area contributed by atoms with Crippen molar-refractivity contribution < 1.29 is 24.7 Å². The van der Waals surface area contributed by atoms with Gasteiger partial charge in [-0.2, -0.15) is 5.26 Å². The highest BCUT2D eigenvalue weighted by Gasteiger charge is 2.22. The highest BCUT2D eigenvalue weighted by molar-refractivity contribution is 5.83. The Morgan fingerprint density at radius 3 is 2.55 bits per heavy atom. The number of carboxylic acid groups (broad SMARTS) is 2. The third-order valence-corrected chi connectivity index (χ3v) is 2.33. The van der Waals surface area contributed by atoms with Crippen LogP contribution in [0.1, 0.15) is 12.0 Å². The average Bonchev–Trinajstić information content (AvgIpc) is 2.37. The second-order valence-electron chi connectivity index (χ2n) is 3.73. The summed E-state index contributed by atoms with van der Waals surface area (Å²) in [7, 11) is 0. The lowest BCUT2D eigenvalue weighted by atomic mass is 10.1. The molecule has 1 aromatic carbocycles. The predicted molar refractivity (Wildman–Crippen MR) is 65.1 cm³/mol. The van der Waals surface area contributed by atoms with Gasteiger partial charge in [0.25, 0.3) is 5.69 Å². The van der Waals surface area contributed by atoms with Gasteiger partial charge in [-0.05, 0) is 12.1 Å². The van der Waals surface area contributed by atoms with Gasteiger partial charge in [0.1, 0.15) is 17.7 Å². The smallest absolute Gasteiger partial charge is 0.326 e. The SMILES string of the molecule is N#Cc1ccc(NC(CC(=O)O)C(=O)O)cc1[N+](=O)[O-]. The summed E-state index contributed by atoms with van der Waals surface area (Å²) >= 11 is 0. The number of nitrogens with one attached hydrogen (secondary N) is 1. The maximum atomic E-state index is 10.9. The van der Waals surface area contributed by atoms with Gasteiger partial charge in [0.05, 0.1) is 11.3 Å². The molecule has 0 fully saturated rings. The number of aliphatic carboxylic acids is 2. The summed E-state index contributed by atoms with van der Waals surface area (Å²) in [4.78, 5) is 31.4. The average molecular weight is 279 g/mol. The van der Waals surface area contributed by atoms with Gasteiger partial charge in [-0.3, -0.25) is 14.9 Å². The number of nitriles is 1. The Bertz CT molecular complexity index is 607. The Balaban J connectivity index is 3.05. The number of hydrogen-bond acceptors (Lipinski definition) is 6. The van der Waals surface area contributed by atoms with Crippen LogP contribution in [-0.4, -0.2) is 33.1 Å². The van der Waals surface area contributed by atoms with Crippen LogP contribution in [-0.2, 0) is 9.59 Å². The topological polar surface area (TPSA) is 154 Å². The van der Waals surface area contributed by atoms with E-state index >= 15 is 0 Å². The number of hydrogen-bond donors (Lipinski definition) is 3. The van der Waals surface area contributed by atoms with Crippen molar-refractivity contribution in [3.8, 4) is 6.07 Å². The summed E-state index contributed by atoms with van der Waals surface area (Å²) in [5.41, 5.74) is -0.619. The van der Waals surface area contributed by atoms with Crippen molar-refractivity contribution in [1.82, 2.24) is 0 Å². The number of nitro benzene ring substituents is 1. The third-order valence-electron chi connectivity index (χ3n) is 2.33. The van der Waals surface area contributed by atoms with Crippen molar-refractivity contribution in [2.24, 2.45) is 0 Å². The number of nitrogens with zero attached hydrogens (tertiary/aromatic N) is 2. The molecule has 1 atom stereocenters. The lowest BCUT2D eigenvalue weighted by molar-refractivity contribution is -0.385. The van der Waals surface area contributed by atoms with Gasteiger partial charge in [-0.15, -0.1) is 0 Å². The van der Waals surface area contributed by atoms with Crippen molar-refractivity contribution in [3.63, 3.8) is 0 Å². The maximum Gasteiger partial charge on any atom is 0.326 e. The fourth-order valence-electron chi connectivity index (χ4n) is 1.44. The van der Waals surface area contributed by atoms with Gasteiger partial charge >= 0.3 is 11.9 Å². The molecule has 9 heteroatoms. The zero-order valence-corrected chi connectivity index (χ0v) is 9.94. The first-order valence-electron chi connectivity index (χ1n) is 5.25. The first-order chi connectivity index (χ1) is 9.35. The molecule has 0 saturated heterocycles. The van der Waals surface area contributed by atoms with E-state index in [4.69, 9.17) is 15.5 Å². The standard InChI is InChI=1S/C11H9N3O6/c12-5-6-1-2-7(3-9(6)14(19)20)13-8(11(17)18)4-10(15)16/h1-3,8,13H,4H2,(H,15,16)(H,17,18). The van der Waals surface area contributed by atoms with E-state index in [1.165, 1.54) is 6.07 Å². The quantitative estimate of drug-likeness (QED) is 0.510. The van der Waals surface area contributed by atoms with E-state index in [1.54, 1.807) is 6.07 Å². The zero-order chi connectivity index (χ0) is 15.3. The van der Waals surface area contributed by atoms with Crippen LogP contribution in [0.25, 0.3) is 0 Å². The molecule has 1 aromatic rings. The molecule has 20 heavy (non-hydrogen) atoms. The molecule has 0 saturated carbocycles. The molecule has 9 nitrogen and oxygen atoms in total. The van der Waals surface area contributed by atoms with E-state index in [2.05, 4.69) is 5.32 Å². The van der Waals surface area contributed by atoms with Crippen LogP contribution in [0.4, 0.5) is 11.4 Å². The Kier molecular flexibility index (Phi) is 4.58. The molecule has 1 unspecified atom stereocenters. The Morgan fingerprint density at radius 1 is 1.45 bits per heavy atom. The first kappa shape index (κ1) is 14.9. The van der Waals surface area contributed by atoms with Crippen LogP contribution in [0, 0.1) is 21.4 Å². The largest absolute Gasteiger partial charge is 0.481 e. The van der Waals surface area contributed by atoms with E-state index in [1.807, 2.05) is 0 Å². The maximum absolute atomic E-state index is 10.9. The summed E-state index contributed by atoms with van der Waals surface area (Å²) < 4.78 is 0. The lowest BCUT2D eigenvalue weighted by Crippen LogP contribution is -2.31. The highest BCUT2D eigenvalue weighted by atomic mass is 16.6. The van der Waals surface area contributed by atoms with Crippen LogP contribution in [0.3, 0.4) is 0 Å². The molecule has 0 aliphatic rings. The van der Waals surface area contributed by atoms with Crippen LogP contribution in [0.5, 0.6) is 0 Å². The van der Waals surface area contributed by atoms with Gasteiger partial charge < -0.3 is 15.5 Å². The van der Waals surface area contributed by atoms with Gasteiger partial charge in [-0.25, -0.2) is 4.79 Å². The van der Waals surface area contributed by atoms with Crippen molar-refractivity contribution in [2.45, 2.75) is 12.5 Å². The van der Waals surface area contributed by atoms with Crippen LogP contribution < -0.4 is 5.32 Å². The fourth-order valence-corrected chi connectivity index (χ4v) is 1.44. The molecule has 0 radical (unpaired) electrons. The summed E-state index contributed by atoms with van der Waals surface area (Å²) in [5, 5.41) is 39.2. The minimum absolute atomic E-state index is 0.0457. The molecule has 0 heterocycles. The van der Waals surface area contributed by atoms with E-state index in [-0.39, 0.29) is 11.3 Å². The first-order valence-corrected chi connectivity index (χ1v) is 5.25. The Labute approximate surface area is 112 Å². The second-order valence-corrected chi connectivity index (χ2v) is 3.73. The van der Waals surface area contributed by atoms with Crippen molar-refractivity contribution in [1.29, 1.82) is 5.26 Å². The number of anilines is 1. The van der Waals surface area contributed by atoms with E-state index < -0.39 is 35.0 Å². The van der Waals surface area contributed by atoms with Gasteiger partial charge in [-0.1, -0.05) is 0 Å². The fraction of sp³-hybridized carbons (Fsp3) is 0.182. The molecule has 0 amide bonds. The number of nitro groups is 1. The van der Waals surface area contributed by atoms with Gasteiger partial charge in [0.2, 0.25) is 0 Å². The minimum Gasteiger partial charge on any atom is -0.481 e. The van der Waals surface area contributed by atoms with Gasteiger partial charge in [0, 0.05) is 11.8 Å². The predicted octanol–water partition coefficient (Wildman–Crippen LogP) is 0.806. The lowest BCUT2D eigenvalue weighted by Gasteiger charge is -2.13. The third kappa shape index (κ3) is 3.67. The summed E-state index contributed by atoms with van der Waals surface area (Å²) in [6, 6.07) is 3.60. The Hall–Kier alpha value is -3.15. The zero-order valence-electron chi connectivity index (χ0n) is 9.94. The number of carbonyl (C=O) groups is 2. The summed E-state index contributed by atoms with van der Waals surface area (Å²) in [6.45, 7) is 0. The monoisotopic (exact) mass is 279 g/mol. The van der Waals surface area contributed by atoms with E-state index in [9.17, 15) is 19.7 Å². The van der Waals surface area contributed by atoms with Crippen LogP contribution in [0.15, 0.2) is 18.2 Å². The Morgan fingerprint density at radius 2 is 2.10 bits per heavy atom. The molecule has 0 spiro atoms. The number of rotatable bonds is 6. The van der Waals surface area contributed by atoms with Crippen molar-refractivity contribution in [2.75, 3.05) is 5.32 Å². The second kappa shape index (κ2) is 6.14. The summed E-state index contributed by atoms with van der Waals surface area (Å²) in [5.74, 6) is -2.73. The summed E-state index contributed by atoms with van der Waals surface area (Å²) in [6.07, 6.45) is -0.691. The molecule has 0 bridgehead atoms. The molecule has 0 aliphatic carbocycles. The van der Waals surface area contributed by atoms with Crippen molar-refractivity contribution in [3.05, 3.63) is 33.9 Å². The molecular formula is C11H9N3O6. The van der Waals surface area contributed by atoms with Gasteiger partial charge in [0.15, 0.2) is 0 Å². The van der Waals surface area contributed by atoms with Crippen molar-refractivity contribution >= 4 is 23.3 Å². The molecule has 104 valence electrons. The molecular weight excluding hydrogens is 270 g/mol. The number of carboxylic acids is 2. The molecule has 0 aromatic heterocycles. The molecule has 0 aliphatic heterocycles. The highest BCUT2D eigenvalue weighted by Crippen LogP contribution is 2.23. The van der Waals surface area contributed by atoms with E-state index in [0.717, 1.165) is 12.1 Å². The van der Waals surface area contributed by atoms with Crippen LogP contribution >= 0.6 is 0 Å². The van der Waals surface area contributed by atoms with E-state index in [0.29, 0.717) is 0 Å². The normalized spacial score (nSPS) is 11.2.